The van der Waals surface area contributed by atoms with Gasteiger partial charge in [-0.15, -0.1) is 0 Å². The van der Waals surface area contributed by atoms with Gasteiger partial charge in [-0.05, 0) is 29.3 Å². The predicted octanol–water partition coefficient (Wildman–Crippen LogP) is 1.32. The summed E-state index contributed by atoms with van der Waals surface area (Å²) in [6.45, 7) is 2.33. The van der Waals surface area contributed by atoms with E-state index in [-0.39, 0.29) is 12.0 Å². The van der Waals surface area contributed by atoms with Crippen LogP contribution in [0.2, 0.25) is 0 Å². The molecule has 0 saturated carbocycles. The molecule has 0 radical (unpaired) electrons. The smallest absolute Gasteiger partial charge is 0.307 e. The van der Waals surface area contributed by atoms with E-state index in [4.69, 9.17) is 0 Å². The highest BCUT2D eigenvalue weighted by Gasteiger charge is 2.12. The van der Waals surface area contributed by atoms with Crippen LogP contribution in [0, 0.1) is 0 Å². The zero-order valence-corrected chi connectivity index (χ0v) is 10.3. The first-order chi connectivity index (χ1) is 7.63. The summed E-state index contributed by atoms with van der Waals surface area (Å²) in [4.78, 5) is 11.0. The van der Waals surface area contributed by atoms with Crippen molar-refractivity contribution in [1.29, 1.82) is 0 Å². The van der Waals surface area contributed by atoms with Crippen molar-refractivity contribution in [3.05, 3.63) is 22.4 Å². The van der Waals surface area contributed by atoms with Gasteiger partial charge < -0.3 is 15.2 Å². The second-order valence-corrected chi connectivity index (χ2v) is 4.44. The average molecular weight is 243 g/mol. The van der Waals surface area contributed by atoms with Gasteiger partial charge in [-0.1, -0.05) is 0 Å². The third kappa shape index (κ3) is 4.30. The quantitative estimate of drug-likeness (QED) is 0.740. The van der Waals surface area contributed by atoms with Gasteiger partial charge in [-0.3, -0.25) is 4.79 Å². The minimum Gasteiger partial charge on any atom is -0.469 e. The summed E-state index contributed by atoms with van der Waals surface area (Å²) < 4.78 is 4.56. The fraction of sp³-hybridized carbons (Fsp3) is 0.545. The fourth-order valence-electron chi connectivity index (χ4n) is 1.30. The lowest BCUT2D eigenvalue weighted by atomic mass is 10.2. The summed E-state index contributed by atoms with van der Waals surface area (Å²) in [5.41, 5.74) is 0.905. The summed E-state index contributed by atoms with van der Waals surface area (Å²) in [5, 5.41) is 16.7. The molecule has 0 aromatic carbocycles. The van der Waals surface area contributed by atoms with E-state index >= 15 is 0 Å². The summed E-state index contributed by atoms with van der Waals surface area (Å²) >= 11 is 1.55. The van der Waals surface area contributed by atoms with Gasteiger partial charge in [0.15, 0.2) is 0 Å². The number of esters is 1. The van der Waals surface area contributed by atoms with Gasteiger partial charge in [-0.25, -0.2) is 0 Å². The lowest BCUT2D eigenvalue weighted by molar-refractivity contribution is -0.141. The Kier molecular flexibility index (Phi) is 5.45. The molecule has 0 aliphatic rings. The number of thiophene rings is 1. The topological polar surface area (TPSA) is 58.6 Å². The molecule has 2 atom stereocenters. The summed E-state index contributed by atoms with van der Waals surface area (Å²) in [6, 6.07) is 1.89. The second-order valence-electron chi connectivity index (χ2n) is 3.66. The number of methoxy groups -OCH3 is 1. The van der Waals surface area contributed by atoms with E-state index in [2.05, 4.69) is 10.1 Å². The van der Waals surface area contributed by atoms with E-state index < -0.39 is 6.10 Å². The lowest BCUT2D eigenvalue weighted by Gasteiger charge is -2.15. The number of aliphatic hydroxyl groups excluding tert-OH is 1. The number of ether oxygens (including phenoxy) is 1. The van der Waals surface area contributed by atoms with E-state index in [9.17, 15) is 9.90 Å². The Morgan fingerprint density at radius 2 is 2.44 bits per heavy atom. The highest BCUT2D eigenvalue weighted by molar-refractivity contribution is 7.07. The van der Waals surface area contributed by atoms with Gasteiger partial charge in [0.05, 0.1) is 19.6 Å². The van der Waals surface area contributed by atoms with Crippen LogP contribution in [0.1, 0.15) is 25.0 Å². The SMILES string of the molecule is COC(=O)CC(C)NCC(O)c1ccsc1. The maximum Gasteiger partial charge on any atom is 0.307 e. The predicted molar refractivity (Wildman–Crippen MR) is 63.4 cm³/mol. The van der Waals surface area contributed by atoms with Gasteiger partial charge in [-0.2, -0.15) is 11.3 Å². The van der Waals surface area contributed by atoms with E-state index in [0.29, 0.717) is 13.0 Å². The van der Waals surface area contributed by atoms with Crippen LogP contribution in [0.15, 0.2) is 16.8 Å². The van der Waals surface area contributed by atoms with Crippen LogP contribution in [-0.4, -0.2) is 30.8 Å². The number of hydrogen-bond acceptors (Lipinski definition) is 5. The van der Waals surface area contributed by atoms with Crippen molar-refractivity contribution in [3.63, 3.8) is 0 Å². The Bertz CT molecular complexity index is 313. The van der Waals surface area contributed by atoms with Gasteiger partial charge in [0, 0.05) is 12.6 Å². The third-order valence-electron chi connectivity index (χ3n) is 2.29. The molecule has 2 N–H and O–H groups in total. The summed E-state index contributed by atoms with van der Waals surface area (Å²) in [5.74, 6) is -0.245. The molecule has 0 aliphatic carbocycles. The molecule has 0 amide bonds. The molecule has 4 nitrogen and oxygen atoms in total. The van der Waals surface area contributed by atoms with Gasteiger partial charge in [0.2, 0.25) is 0 Å². The zero-order valence-electron chi connectivity index (χ0n) is 9.47. The first kappa shape index (κ1) is 13.2. The monoisotopic (exact) mass is 243 g/mol. The molecule has 5 heteroatoms. The maximum absolute atomic E-state index is 11.0. The number of rotatable bonds is 6. The van der Waals surface area contributed by atoms with Crippen molar-refractivity contribution in [2.45, 2.75) is 25.5 Å². The molecule has 0 aliphatic heterocycles. The van der Waals surface area contributed by atoms with Crippen LogP contribution in [-0.2, 0) is 9.53 Å². The van der Waals surface area contributed by atoms with Crippen molar-refractivity contribution in [2.75, 3.05) is 13.7 Å². The Morgan fingerprint density at radius 3 is 3.00 bits per heavy atom. The minimum absolute atomic E-state index is 0.000681. The lowest BCUT2D eigenvalue weighted by Crippen LogP contribution is -2.32. The van der Waals surface area contributed by atoms with Gasteiger partial charge in [0.1, 0.15) is 0 Å². The number of nitrogens with one attached hydrogen (secondary N) is 1. The second kappa shape index (κ2) is 6.62. The Morgan fingerprint density at radius 1 is 1.69 bits per heavy atom. The molecule has 16 heavy (non-hydrogen) atoms. The number of hydrogen-bond donors (Lipinski definition) is 2. The molecule has 0 spiro atoms. The van der Waals surface area contributed by atoms with E-state index in [1.807, 2.05) is 23.8 Å². The molecule has 0 bridgehead atoms. The Balaban J connectivity index is 2.26. The van der Waals surface area contributed by atoms with Crippen LogP contribution in [0.5, 0.6) is 0 Å². The van der Waals surface area contributed by atoms with Crippen molar-refractivity contribution in [1.82, 2.24) is 5.32 Å². The Hall–Kier alpha value is -0.910. The van der Waals surface area contributed by atoms with Crippen molar-refractivity contribution >= 4 is 17.3 Å². The molecule has 1 aromatic heterocycles. The molecule has 0 saturated heterocycles. The Labute approximate surface area is 99.2 Å². The highest BCUT2D eigenvalue weighted by Crippen LogP contribution is 2.15. The molecule has 2 unspecified atom stereocenters. The van der Waals surface area contributed by atoms with Crippen molar-refractivity contribution in [3.8, 4) is 0 Å². The molecular formula is C11H17NO3S. The maximum atomic E-state index is 11.0. The summed E-state index contributed by atoms with van der Waals surface area (Å²) in [6.07, 6.45) is -0.210. The van der Waals surface area contributed by atoms with Crippen molar-refractivity contribution < 1.29 is 14.6 Å². The normalized spacial score (nSPS) is 14.4. The first-order valence-electron chi connectivity index (χ1n) is 5.14. The molecular weight excluding hydrogens is 226 g/mol. The van der Waals surface area contributed by atoms with Crippen LogP contribution in [0.25, 0.3) is 0 Å². The van der Waals surface area contributed by atoms with Crippen LogP contribution in [0.4, 0.5) is 0 Å². The first-order valence-corrected chi connectivity index (χ1v) is 6.08. The fourth-order valence-corrected chi connectivity index (χ4v) is 2.01. The minimum atomic E-state index is -0.522. The van der Waals surface area contributed by atoms with Crippen LogP contribution >= 0.6 is 11.3 Å². The summed E-state index contributed by atoms with van der Waals surface area (Å²) in [7, 11) is 1.37. The van der Waals surface area contributed by atoms with Crippen LogP contribution in [0.3, 0.4) is 0 Å². The van der Waals surface area contributed by atoms with E-state index in [1.54, 1.807) is 11.3 Å². The molecule has 1 heterocycles. The van der Waals surface area contributed by atoms with Gasteiger partial charge >= 0.3 is 5.97 Å². The van der Waals surface area contributed by atoms with E-state index in [1.165, 1.54) is 7.11 Å². The standard InChI is InChI=1S/C11H17NO3S/c1-8(5-11(14)15-2)12-6-10(13)9-3-4-16-7-9/h3-4,7-8,10,12-13H,5-6H2,1-2H3. The van der Waals surface area contributed by atoms with E-state index in [0.717, 1.165) is 5.56 Å². The zero-order chi connectivity index (χ0) is 12.0. The highest BCUT2D eigenvalue weighted by atomic mass is 32.1. The number of carbonyl (C=O) groups excluding carboxylic acids is 1. The molecule has 0 fully saturated rings. The van der Waals surface area contributed by atoms with Crippen LogP contribution < -0.4 is 5.32 Å². The third-order valence-corrected chi connectivity index (χ3v) is 2.99. The average Bonchev–Trinajstić information content (AvgIpc) is 2.79. The van der Waals surface area contributed by atoms with Crippen molar-refractivity contribution in [2.24, 2.45) is 0 Å². The molecule has 1 aromatic rings. The molecule has 1 rings (SSSR count). The number of aliphatic hydroxyl groups is 1. The number of carbonyl (C=O) groups is 1. The largest absolute Gasteiger partial charge is 0.469 e. The van der Waals surface area contributed by atoms with Gasteiger partial charge in [0.25, 0.3) is 0 Å². The molecule has 90 valence electrons.